The van der Waals surface area contributed by atoms with E-state index in [2.05, 4.69) is 19.2 Å². The number of carbonyl (C=O) groups excluding carboxylic acids is 1. The van der Waals surface area contributed by atoms with Crippen LogP contribution < -0.4 is 5.32 Å². The number of amides is 1. The highest BCUT2D eigenvalue weighted by molar-refractivity contribution is 7.16. The number of thiophene rings is 1. The summed E-state index contributed by atoms with van der Waals surface area (Å²) in [4.78, 5) is 23.9. The van der Waals surface area contributed by atoms with E-state index in [-0.39, 0.29) is 11.5 Å². The highest BCUT2D eigenvalue weighted by atomic mass is 32.1. The molecule has 5 heteroatoms. The molecule has 2 N–H and O–H groups in total. The topological polar surface area (TPSA) is 66.4 Å². The fraction of sp³-hybridized carbons (Fsp3) is 0.222. The van der Waals surface area contributed by atoms with Crippen molar-refractivity contribution < 1.29 is 14.7 Å². The maximum absolute atomic E-state index is 12.0. The Labute approximate surface area is 139 Å². The van der Waals surface area contributed by atoms with Gasteiger partial charge in [0.05, 0.1) is 5.56 Å². The van der Waals surface area contributed by atoms with Crippen molar-refractivity contribution in [1.82, 2.24) is 0 Å². The number of aromatic carboxylic acids is 1. The molecular weight excluding hydrogens is 310 g/mol. The van der Waals surface area contributed by atoms with Crippen molar-refractivity contribution in [3.8, 4) is 0 Å². The van der Waals surface area contributed by atoms with E-state index >= 15 is 0 Å². The van der Waals surface area contributed by atoms with Gasteiger partial charge in [0.15, 0.2) is 0 Å². The van der Waals surface area contributed by atoms with Gasteiger partial charge in [-0.05, 0) is 36.1 Å². The standard InChI is InChI=1S/C18H19NO3S/c1-11(2)14-7-4-13(5-8-14)6-9-16(20)19-17-15(18(21)22)10-12(3)23-17/h4-11H,1-3H3,(H,19,20)(H,21,22)/b9-6+. The minimum Gasteiger partial charge on any atom is -0.478 e. The van der Waals surface area contributed by atoms with Crippen LogP contribution in [0.3, 0.4) is 0 Å². The molecule has 0 atom stereocenters. The molecule has 1 aromatic carbocycles. The number of benzene rings is 1. The summed E-state index contributed by atoms with van der Waals surface area (Å²) in [7, 11) is 0. The van der Waals surface area contributed by atoms with Crippen molar-refractivity contribution >= 4 is 34.3 Å². The fourth-order valence-corrected chi connectivity index (χ4v) is 2.99. The Morgan fingerprint density at radius 2 is 1.87 bits per heavy atom. The van der Waals surface area contributed by atoms with Gasteiger partial charge >= 0.3 is 5.97 Å². The maximum Gasteiger partial charge on any atom is 0.338 e. The molecule has 0 bridgehead atoms. The first-order valence-electron chi connectivity index (χ1n) is 7.29. The number of anilines is 1. The second kappa shape index (κ2) is 7.24. The summed E-state index contributed by atoms with van der Waals surface area (Å²) in [5, 5.41) is 12.1. The first kappa shape index (κ1) is 17.0. The lowest BCUT2D eigenvalue weighted by Crippen LogP contribution is -2.09. The van der Waals surface area contributed by atoms with Crippen LogP contribution in [0.15, 0.2) is 36.4 Å². The average molecular weight is 329 g/mol. The summed E-state index contributed by atoms with van der Waals surface area (Å²) in [6, 6.07) is 9.53. The number of hydrogen-bond donors (Lipinski definition) is 2. The molecule has 0 aliphatic carbocycles. The second-order valence-electron chi connectivity index (χ2n) is 5.55. The summed E-state index contributed by atoms with van der Waals surface area (Å²) in [5.74, 6) is -0.923. The summed E-state index contributed by atoms with van der Waals surface area (Å²) < 4.78 is 0. The molecule has 0 aliphatic rings. The SMILES string of the molecule is Cc1cc(C(=O)O)c(NC(=O)/C=C/c2ccc(C(C)C)cc2)s1. The zero-order chi connectivity index (χ0) is 17.0. The normalized spacial score (nSPS) is 11.1. The molecule has 0 spiro atoms. The number of carboxylic acids is 1. The van der Waals surface area contributed by atoms with Crippen LogP contribution in [0.5, 0.6) is 0 Å². The zero-order valence-corrected chi connectivity index (χ0v) is 14.1. The van der Waals surface area contributed by atoms with Crippen LogP contribution in [-0.4, -0.2) is 17.0 Å². The van der Waals surface area contributed by atoms with E-state index in [4.69, 9.17) is 5.11 Å². The number of aryl methyl sites for hydroxylation is 1. The minimum atomic E-state index is -1.04. The molecule has 0 unspecified atom stereocenters. The van der Waals surface area contributed by atoms with Crippen molar-refractivity contribution in [2.75, 3.05) is 5.32 Å². The molecule has 1 amide bonds. The third kappa shape index (κ3) is 4.53. The Kier molecular flexibility index (Phi) is 5.34. The van der Waals surface area contributed by atoms with Crippen LogP contribution in [0, 0.1) is 6.92 Å². The van der Waals surface area contributed by atoms with Crippen LogP contribution in [-0.2, 0) is 4.79 Å². The molecule has 4 nitrogen and oxygen atoms in total. The first-order chi connectivity index (χ1) is 10.9. The predicted molar refractivity (Wildman–Crippen MR) is 94.2 cm³/mol. The quantitative estimate of drug-likeness (QED) is 0.792. The summed E-state index contributed by atoms with van der Waals surface area (Å²) in [6.07, 6.45) is 3.12. The van der Waals surface area contributed by atoms with E-state index in [0.29, 0.717) is 10.9 Å². The minimum absolute atomic E-state index is 0.121. The van der Waals surface area contributed by atoms with Gasteiger partial charge in [0.2, 0.25) is 5.91 Å². The number of carbonyl (C=O) groups is 2. The van der Waals surface area contributed by atoms with Crippen molar-refractivity contribution in [1.29, 1.82) is 0 Å². The molecule has 0 aliphatic heterocycles. The lowest BCUT2D eigenvalue weighted by atomic mass is 10.0. The van der Waals surface area contributed by atoms with Crippen LogP contribution in [0.4, 0.5) is 5.00 Å². The molecule has 1 aromatic heterocycles. The van der Waals surface area contributed by atoms with Crippen molar-refractivity contribution in [2.45, 2.75) is 26.7 Å². The van der Waals surface area contributed by atoms with E-state index in [9.17, 15) is 9.59 Å². The number of carboxylic acid groups (broad SMARTS) is 1. The van der Waals surface area contributed by atoms with Gasteiger partial charge in [-0.25, -0.2) is 4.79 Å². The second-order valence-corrected chi connectivity index (χ2v) is 6.81. The number of hydrogen-bond acceptors (Lipinski definition) is 3. The Balaban J connectivity index is 2.06. The molecule has 1 heterocycles. The van der Waals surface area contributed by atoms with E-state index in [0.717, 1.165) is 10.4 Å². The van der Waals surface area contributed by atoms with Gasteiger partial charge < -0.3 is 10.4 Å². The van der Waals surface area contributed by atoms with E-state index in [1.54, 1.807) is 19.1 Å². The Hall–Kier alpha value is -2.40. The van der Waals surface area contributed by atoms with Crippen LogP contribution in [0.2, 0.25) is 0 Å². The fourth-order valence-electron chi connectivity index (χ4n) is 2.08. The number of nitrogens with one attached hydrogen (secondary N) is 1. The molecule has 120 valence electrons. The monoisotopic (exact) mass is 329 g/mol. The van der Waals surface area contributed by atoms with Gasteiger partial charge in [-0.2, -0.15) is 0 Å². The van der Waals surface area contributed by atoms with E-state index in [1.165, 1.54) is 23.0 Å². The first-order valence-corrected chi connectivity index (χ1v) is 8.11. The van der Waals surface area contributed by atoms with Crippen LogP contribution in [0.1, 0.15) is 46.1 Å². The lowest BCUT2D eigenvalue weighted by Gasteiger charge is -2.04. The molecular formula is C18H19NO3S. The highest BCUT2D eigenvalue weighted by Gasteiger charge is 2.14. The van der Waals surface area contributed by atoms with Crippen molar-refractivity contribution in [2.24, 2.45) is 0 Å². The van der Waals surface area contributed by atoms with E-state index < -0.39 is 5.97 Å². The molecule has 23 heavy (non-hydrogen) atoms. The Morgan fingerprint density at radius 1 is 1.22 bits per heavy atom. The van der Waals surface area contributed by atoms with Gasteiger partial charge in [0.1, 0.15) is 5.00 Å². The molecule has 0 saturated heterocycles. The average Bonchev–Trinajstić information content (AvgIpc) is 2.86. The van der Waals surface area contributed by atoms with Gasteiger partial charge in [0, 0.05) is 11.0 Å². The number of rotatable bonds is 5. The van der Waals surface area contributed by atoms with Crippen LogP contribution >= 0.6 is 11.3 Å². The van der Waals surface area contributed by atoms with Crippen molar-refractivity contribution in [3.05, 3.63) is 58.0 Å². The summed E-state index contributed by atoms with van der Waals surface area (Å²) in [6.45, 7) is 6.06. The lowest BCUT2D eigenvalue weighted by molar-refractivity contribution is -0.111. The zero-order valence-electron chi connectivity index (χ0n) is 13.3. The maximum atomic E-state index is 12.0. The summed E-state index contributed by atoms with van der Waals surface area (Å²) >= 11 is 1.25. The molecule has 0 fully saturated rings. The highest BCUT2D eigenvalue weighted by Crippen LogP contribution is 2.27. The molecule has 0 radical (unpaired) electrons. The molecule has 0 saturated carbocycles. The van der Waals surface area contributed by atoms with Gasteiger partial charge in [-0.1, -0.05) is 38.1 Å². The molecule has 2 rings (SSSR count). The van der Waals surface area contributed by atoms with Gasteiger partial charge in [0.25, 0.3) is 0 Å². The third-order valence-electron chi connectivity index (χ3n) is 3.35. The largest absolute Gasteiger partial charge is 0.478 e. The third-order valence-corrected chi connectivity index (χ3v) is 4.32. The smallest absolute Gasteiger partial charge is 0.338 e. The van der Waals surface area contributed by atoms with E-state index in [1.807, 2.05) is 24.3 Å². The van der Waals surface area contributed by atoms with Gasteiger partial charge in [-0.3, -0.25) is 4.79 Å². The summed E-state index contributed by atoms with van der Waals surface area (Å²) in [5.41, 5.74) is 2.28. The Bertz CT molecular complexity index is 742. The van der Waals surface area contributed by atoms with Crippen LogP contribution in [0.25, 0.3) is 6.08 Å². The molecule has 2 aromatic rings. The van der Waals surface area contributed by atoms with Crippen molar-refractivity contribution in [3.63, 3.8) is 0 Å². The van der Waals surface area contributed by atoms with Gasteiger partial charge in [-0.15, -0.1) is 11.3 Å². The predicted octanol–water partition coefficient (Wildman–Crippen LogP) is 4.53. The Morgan fingerprint density at radius 3 is 2.43 bits per heavy atom.